The van der Waals surface area contributed by atoms with E-state index in [2.05, 4.69) is 28.4 Å². The van der Waals surface area contributed by atoms with Crippen molar-refractivity contribution < 1.29 is 0 Å². The van der Waals surface area contributed by atoms with Crippen molar-refractivity contribution in [2.75, 3.05) is 7.05 Å². The fourth-order valence-electron chi connectivity index (χ4n) is 2.14. The van der Waals surface area contributed by atoms with Crippen molar-refractivity contribution in [1.82, 2.24) is 20.1 Å². The number of aromatic nitrogens is 3. The fraction of sp³-hybridized carbons (Fsp3) is 0.429. The minimum Gasteiger partial charge on any atom is -0.316 e. The fourth-order valence-corrected chi connectivity index (χ4v) is 2.35. The summed E-state index contributed by atoms with van der Waals surface area (Å²) in [6.45, 7) is 2.92. The second-order valence-corrected chi connectivity index (χ2v) is 4.88. The van der Waals surface area contributed by atoms with Crippen molar-refractivity contribution in [2.45, 2.75) is 32.4 Å². The summed E-state index contributed by atoms with van der Waals surface area (Å²) in [5, 5.41) is 8.35. The Hall–Kier alpha value is -1.39. The molecule has 1 unspecified atom stereocenters. The minimum atomic E-state index is 0.300. The zero-order chi connectivity index (χ0) is 13.7. The summed E-state index contributed by atoms with van der Waals surface area (Å²) in [6, 6.07) is 8.26. The van der Waals surface area contributed by atoms with Gasteiger partial charge in [-0.3, -0.25) is 4.68 Å². The first kappa shape index (κ1) is 14.0. The summed E-state index contributed by atoms with van der Waals surface area (Å²) >= 11 is 6.20. The van der Waals surface area contributed by atoms with Crippen LogP contribution < -0.4 is 5.32 Å². The molecular weight excluding hydrogens is 260 g/mol. The summed E-state index contributed by atoms with van der Waals surface area (Å²) in [4.78, 5) is 4.32. The SMILES string of the molecule is CCn1ncnc1CC(Cc1ccccc1Cl)NC. The molecule has 0 radical (unpaired) electrons. The van der Waals surface area contributed by atoms with E-state index in [0.29, 0.717) is 6.04 Å². The van der Waals surface area contributed by atoms with Gasteiger partial charge in [-0.05, 0) is 32.0 Å². The highest BCUT2D eigenvalue weighted by Gasteiger charge is 2.13. The Morgan fingerprint density at radius 1 is 1.32 bits per heavy atom. The smallest absolute Gasteiger partial charge is 0.138 e. The maximum Gasteiger partial charge on any atom is 0.138 e. The zero-order valence-corrected chi connectivity index (χ0v) is 12.1. The Bertz CT molecular complexity index is 524. The Kier molecular flexibility index (Phi) is 4.93. The van der Waals surface area contributed by atoms with Crippen LogP contribution in [0.1, 0.15) is 18.3 Å². The topological polar surface area (TPSA) is 42.7 Å². The van der Waals surface area contributed by atoms with E-state index in [-0.39, 0.29) is 0 Å². The van der Waals surface area contributed by atoms with E-state index >= 15 is 0 Å². The molecule has 0 amide bonds. The second-order valence-electron chi connectivity index (χ2n) is 4.48. The average molecular weight is 279 g/mol. The van der Waals surface area contributed by atoms with Crippen LogP contribution in [0.5, 0.6) is 0 Å². The maximum atomic E-state index is 6.20. The van der Waals surface area contributed by atoms with Gasteiger partial charge in [-0.2, -0.15) is 5.10 Å². The molecule has 0 bridgehead atoms. The van der Waals surface area contributed by atoms with Gasteiger partial charge in [0.05, 0.1) is 0 Å². The molecule has 5 heteroatoms. The molecule has 2 aromatic rings. The number of halogens is 1. The van der Waals surface area contributed by atoms with Gasteiger partial charge in [0.1, 0.15) is 12.2 Å². The molecule has 1 N–H and O–H groups in total. The molecule has 0 aliphatic rings. The Morgan fingerprint density at radius 3 is 2.79 bits per heavy atom. The Morgan fingerprint density at radius 2 is 2.11 bits per heavy atom. The van der Waals surface area contributed by atoms with Gasteiger partial charge in [-0.15, -0.1) is 0 Å². The normalized spacial score (nSPS) is 12.6. The Labute approximate surface area is 118 Å². The summed E-state index contributed by atoms with van der Waals surface area (Å²) in [5.74, 6) is 1.01. The van der Waals surface area contributed by atoms with E-state index in [0.717, 1.165) is 35.8 Å². The van der Waals surface area contributed by atoms with Gasteiger partial charge in [-0.1, -0.05) is 29.8 Å². The van der Waals surface area contributed by atoms with Gasteiger partial charge in [0.15, 0.2) is 0 Å². The molecule has 0 saturated carbocycles. The van der Waals surface area contributed by atoms with Crippen molar-refractivity contribution in [2.24, 2.45) is 0 Å². The number of likely N-dealkylation sites (N-methyl/N-ethyl adjacent to an activating group) is 1. The molecule has 0 saturated heterocycles. The standard InChI is InChI=1S/C14H19ClN4/c1-3-19-14(17-10-18-19)9-12(16-2)8-11-6-4-5-7-13(11)15/h4-7,10,12,16H,3,8-9H2,1-2H3. The molecule has 0 aliphatic carbocycles. The van der Waals surface area contributed by atoms with Crippen molar-refractivity contribution in [1.29, 1.82) is 0 Å². The highest BCUT2D eigenvalue weighted by atomic mass is 35.5. The molecule has 1 aromatic heterocycles. The van der Waals surface area contributed by atoms with Crippen molar-refractivity contribution in [3.63, 3.8) is 0 Å². The lowest BCUT2D eigenvalue weighted by Crippen LogP contribution is -2.31. The number of nitrogens with one attached hydrogen (secondary N) is 1. The van der Waals surface area contributed by atoms with E-state index in [1.54, 1.807) is 6.33 Å². The summed E-state index contributed by atoms with van der Waals surface area (Å²) in [6.07, 6.45) is 3.34. The van der Waals surface area contributed by atoms with Crippen LogP contribution in [-0.2, 0) is 19.4 Å². The molecule has 1 atom stereocenters. The van der Waals surface area contributed by atoms with Crippen LogP contribution in [0.3, 0.4) is 0 Å². The first-order valence-corrected chi connectivity index (χ1v) is 6.89. The van der Waals surface area contributed by atoms with E-state index in [1.165, 1.54) is 0 Å². The van der Waals surface area contributed by atoms with Crippen LogP contribution >= 0.6 is 11.6 Å². The predicted octanol–water partition coefficient (Wildman–Crippen LogP) is 2.32. The van der Waals surface area contributed by atoms with Crippen molar-refractivity contribution in [3.05, 3.63) is 47.0 Å². The maximum absolute atomic E-state index is 6.20. The molecule has 0 aliphatic heterocycles. The molecule has 19 heavy (non-hydrogen) atoms. The van der Waals surface area contributed by atoms with Gasteiger partial charge in [-0.25, -0.2) is 4.98 Å². The molecule has 1 aromatic carbocycles. The lowest BCUT2D eigenvalue weighted by atomic mass is 10.0. The van der Waals surface area contributed by atoms with Crippen molar-refractivity contribution >= 4 is 11.6 Å². The highest BCUT2D eigenvalue weighted by Crippen LogP contribution is 2.17. The van der Waals surface area contributed by atoms with Gasteiger partial charge in [0.25, 0.3) is 0 Å². The molecule has 102 valence electrons. The van der Waals surface area contributed by atoms with E-state index in [9.17, 15) is 0 Å². The Balaban J connectivity index is 2.07. The van der Waals surface area contributed by atoms with Gasteiger partial charge >= 0.3 is 0 Å². The van der Waals surface area contributed by atoms with E-state index < -0.39 is 0 Å². The summed E-state index contributed by atoms with van der Waals surface area (Å²) < 4.78 is 1.93. The number of nitrogens with zero attached hydrogens (tertiary/aromatic N) is 3. The van der Waals surface area contributed by atoms with Crippen LogP contribution in [-0.4, -0.2) is 27.9 Å². The number of rotatable bonds is 6. The molecule has 4 nitrogen and oxygen atoms in total. The van der Waals surface area contributed by atoms with Gasteiger partial charge < -0.3 is 5.32 Å². The number of hydrogen-bond acceptors (Lipinski definition) is 3. The first-order valence-electron chi connectivity index (χ1n) is 6.52. The number of aryl methyl sites for hydroxylation is 1. The van der Waals surface area contributed by atoms with Crippen molar-refractivity contribution in [3.8, 4) is 0 Å². The van der Waals surface area contributed by atoms with E-state index in [4.69, 9.17) is 11.6 Å². The molecule has 0 fully saturated rings. The highest BCUT2D eigenvalue weighted by molar-refractivity contribution is 6.31. The van der Waals surface area contributed by atoms with Crippen LogP contribution in [0, 0.1) is 0 Å². The summed E-state index contributed by atoms with van der Waals surface area (Å²) in [5.41, 5.74) is 1.16. The third kappa shape index (κ3) is 3.55. The van der Waals surface area contributed by atoms with E-state index in [1.807, 2.05) is 29.9 Å². The van der Waals surface area contributed by atoms with Gasteiger partial charge in [0, 0.05) is 24.0 Å². The lowest BCUT2D eigenvalue weighted by molar-refractivity contribution is 0.513. The van der Waals surface area contributed by atoms with Crippen LogP contribution in [0.2, 0.25) is 5.02 Å². The quantitative estimate of drug-likeness (QED) is 0.882. The van der Waals surface area contributed by atoms with Crippen LogP contribution in [0.25, 0.3) is 0 Å². The van der Waals surface area contributed by atoms with Gasteiger partial charge in [0.2, 0.25) is 0 Å². The monoisotopic (exact) mass is 278 g/mol. The largest absolute Gasteiger partial charge is 0.316 e. The molecule has 1 heterocycles. The zero-order valence-electron chi connectivity index (χ0n) is 11.3. The second kappa shape index (κ2) is 6.68. The number of hydrogen-bond donors (Lipinski definition) is 1. The summed E-state index contributed by atoms with van der Waals surface area (Å²) in [7, 11) is 1.97. The molecule has 2 rings (SSSR count). The number of benzene rings is 1. The molecule has 0 spiro atoms. The first-order chi connectivity index (χ1) is 9.24. The third-order valence-electron chi connectivity index (χ3n) is 3.26. The molecular formula is C14H19ClN4. The van der Waals surface area contributed by atoms with Crippen LogP contribution in [0.15, 0.2) is 30.6 Å². The predicted molar refractivity (Wildman–Crippen MR) is 77.4 cm³/mol. The minimum absolute atomic E-state index is 0.300. The lowest BCUT2D eigenvalue weighted by Gasteiger charge is -2.16. The van der Waals surface area contributed by atoms with Crippen LogP contribution in [0.4, 0.5) is 0 Å². The average Bonchev–Trinajstić information content (AvgIpc) is 2.87. The third-order valence-corrected chi connectivity index (χ3v) is 3.63.